The predicted octanol–water partition coefficient (Wildman–Crippen LogP) is 7.14. The zero-order valence-electron chi connectivity index (χ0n) is 14.8. The van der Waals surface area contributed by atoms with Gasteiger partial charge in [0, 0.05) is 10.6 Å². The minimum absolute atomic E-state index is 0.0822. The van der Waals surface area contributed by atoms with Crippen LogP contribution in [0.3, 0.4) is 0 Å². The molecule has 154 valence electrons. The Balaban J connectivity index is 1.78. The maximum Gasteiger partial charge on any atom is 0.416 e. The van der Waals surface area contributed by atoms with Crippen LogP contribution in [0, 0.1) is 0 Å². The molecule has 0 bridgehead atoms. The van der Waals surface area contributed by atoms with Crippen LogP contribution < -0.4 is 5.32 Å². The van der Waals surface area contributed by atoms with Crippen LogP contribution in [0.15, 0.2) is 60.9 Å². The van der Waals surface area contributed by atoms with Gasteiger partial charge in [0.1, 0.15) is 17.0 Å². The van der Waals surface area contributed by atoms with Gasteiger partial charge in [-0.2, -0.15) is 26.3 Å². The standard InChI is InChI=1S/C20H11F6N3S/c21-19(22,23)12-6-13(20(24,25)26)8-14(7-12)29-17-15-9-16(11-4-2-1-3-5-11)30-18(15)28-10-27-17/h1-10H,(H,27,28,29). The van der Waals surface area contributed by atoms with Crippen molar-refractivity contribution < 1.29 is 26.3 Å². The molecule has 2 aromatic heterocycles. The van der Waals surface area contributed by atoms with Gasteiger partial charge in [-0.15, -0.1) is 11.3 Å². The summed E-state index contributed by atoms with van der Waals surface area (Å²) in [5, 5.41) is 3.09. The third-order valence-corrected chi connectivity index (χ3v) is 5.33. The lowest BCUT2D eigenvalue weighted by Gasteiger charge is -2.15. The van der Waals surface area contributed by atoms with Crippen LogP contribution in [0.25, 0.3) is 20.7 Å². The Morgan fingerprint density at radius 2 is 1.40 bits per heavy atom. The molecule has 4 aromatic rings. The number of aromatic nitrogens is 2. The van der Waals surface area contributed by atoms with Crippen LogP contribution >= 0.6 is 11.3 Å². The molecule has 3 nitrogen and oxygen atoms in total. The maximum absolute atomic E-state index is 13.1. The quantitative estimate of drug-likeness (QED) is 0.345. The molecule has 2 heterocycles. The molecule has 30 heavy (non-hydrogen) atoms. The molecule has 1 N–H and O–H groups in total. The average molecular weight is 439 g/mol. The number of thiophene rings is 1. The number of nitrogens with one attached hydrogen (secondary N) is 1. The number of rotatable bonds is 3. The highest BCUT2D eigenvalue weighted by Gasteiger charge is 2.37. The van der Waals surface area contributed by atoms with Crippen molar-refractivity contribution in [2.45, 2.75) is 12.4 Å². The maximum atomic E-state index is 13.1. The first-order valence-corrected chi connectivity index (χ1v) is 9.29. The zero-order chi connectivity index (χ0) is 21.5. The number of fused-ring (bicyclic) bond motifs is 1. The Labute approximate surface area is 170 Å². The summed E-state index contributed by atoms with van der Waals surface area (Å²) in [6, 6.07) is 12.4. The molecule has 0 unspecified atom stereocenters. The molecule has 0 aliphatic heterocycles. The third kappa shape index (κ3) is 4.09. The van der Waals surface area contributed by atoms with Crippen LogP contribution in [0.2, 0.25) is 0 Å². The van der Waals surface area contributed by atoms with Gasteiger partial charge in [0.25, 0.3) is 0 Å². The number of halogens is 6. The number of anilines is 2. The van der Waals surface area contributed by atoms with Crippen molar-refractivity contribution in [2.24, 2.45) is 0 Å². The summed E-state index contributed by atoms with van der Waals surface area (Å²) < 4.78 is 78.6. The lowest BCUT2D eigenvalue weighted by molar-refractivity contribution is -0.143. The molecule has 0 aliphatic carbocycles. The fraction of sp³-hybridized carbons (Fsp3) is 0.100. The summed E-state index contributed by atoms with van der Waals surface area (Å²) in [6.07, 6.45) is -8.66. The molecule has 0 aliphatic rings. The Bertz CT molecular complexity index is 1170. The Kier molecular flexibility index (Phi) is 4.89. The summed E-state index contributed by atoms with van der Waals surface area (Å²) in [7, 11) is 0. The third-order valence-electron chi connectivity index (χ3n) is 4.24. The molecule has 0 atom stereocenters. The highest BCUT2D eigenvalue weighted by Crippen LogP contribution is 2.39. The number of hydrogen-bond donors (Lipinski definition) is 1. The highest BCUT2D eigenvalue weighted by molar-refractivity contribution is 7.21. The largest absolute Gasteiger partial charge is 0.416 e. The predicted molar refractivity (Wildman–Crippen MR) is 103 cm³/mol. The Morgan fingerprint density at radius 3 is 2.00 bits per heavy atom. The summed E-state index contributed by atoms with van der Waals surface area (Å²) in [5.41, 5.74) is -2.27. The second kappa shape index (κ2) is 7.28. The van der Waals surface area contributed by atoms with E-state index in [1.807, 2.05) is 30.3 Å². The van der Waals surface area contributed by atoms with Gasteiger partial charge < -0.3 is 5.32 Å². The van der Waals surface area contributed by atoms with Crippen molar-refractivity contribution in [1.82, 2.24) is 9.97 Å². The van der Waals surface area contributed by atoms with Crippen molar-refractivity contribution in [2.75, 3.05) is 5.32 Å². The van der Waals surface area contributed by atoms with Gasteiger partial charge in [0.2, 0.25) is 0 Å². The summed E-state index contributed by atoms with van der Waals surface area (Å²) in [5.74, 6) is 0.117. The van der Waals surface area contributed by atoms with Gasteiger partial charge >= 0.3 is 12.4 Å². The molecular weight excluding hydrogens is 428 g/mol. The molecule has 0 amide bonds. The molecule has 10 heteroatoms. The van der Waals surface area contributed by atoms with Crippen LogP contribution in [-0.4, -0.2) is 9.97 Å². The fourth-order valence-electron chi connectivity index (χ4n) is 2.86. The summed E-state index contributed by atoms with van der Waals surface area (Å²) in [4.78, 5) is 9.56. The first-order chi connectivity index (χ1) is 14.1. The first-order valence-electron chi connectivity index (χ1n) is 8.48. The molecule has 2 aromatic carbocycles. The zero-order valence-corrected chi connectivity index (χ0v) is 15.7. The van der Waals surface area contributed by atoms with E-state index in [9.17, 15) is 26.3 Å². The van der Waals surface area contributed by atoms with E-state index >= 15 is 0 Å². The van der Waals surface area contributed by atoms with E-state index in [2.05, 4.69) is 15.3 Å². The summed E-state index contributed by atoms with van der Waals surface area (Å²) in [6.45, 7) is 0. The van der Waals surface area contributed by atoms with Crippen molar-refractivity contribution in [3.8, 4) is 10.4 Å². The van der Waals surface area contributed by atoms with Crippen molar-refractivity contribution in [3.05, 3.63) is 72.1 Å². The van der Waals surface area contributed by atoms with Crippen LogP contribution in [0.5, 0.6) is 0 Å². The van der Waals surface area contributed by atoms with Crippen LogP contribution in [-0.2, 0) is 12.4 Å². The van der Waals surface area contributed by atoms with Crippen molar-refractivity contribution in [1.29, 1.82) is 0 Å². The smallest absolute Gasteiger partial charge is 0.340 e. The topological polar surface area (TPSA) is 37.8 Å². The SMILES string of the molecule is FC(F)(F)c1cc(Nc2ncnc3sc(-c4ccccc4)cc23)cc(C(F)(F)F)c1. The minimum atomic E-state index is -4.93. The van der Waals surface area contributed by atoms with Gasteiger partial charge in [-0.3, -0.25) is 0 Å². The van der Waals surface area contributed by atoms with E-state index < -0.39 is 23.5 Å². The van der Waals surface area contributed by atoms with Gasteiger partial charge in [-0.25, -0.2) is 9.97 Å². The van der Waals surface area contributed by atoms with E-state index in [-0.39, 0.29) is 17.6 Å². The van der Waals surface area contributed by atoms with Crippen LogP contribution in [0.1, 0.15) is 11.1 Å². The van der Waals surface area contributed by atoms with Crippen molar-refractivity contribution in [3.63, 3.8) is 0 Å². The second-order valence-corrected chi connectivity index (χ2v) is 7.37. The van der Waals surface area contributed by atoms with Gasteiger partial charge in [-0.1, -0.05) is 30.3 Å². The second-order valence-electron chi connectivity index (χ2n) is 6.34. The molecule has 0 saturated heterocycles. The first kappa shape index (κ1) is 20.1. The van der Waals surface area contributed by atoms with E-state index in [1.165, 1.54) is 17.7 Å². The van der Waals surface area contributed by atoms with Gasteiger partial charge in [0.05, 0.1) is 16.5 Å². The number of alkyl halides is 6. The van der Waals surface area contributed by atoms with Gasteiger partial charge in [0.15, 0.2) is 0 Å². The lowest BCUT2D eigenvalue weighted by Crippen LogP contribution is -2.11. The molecule has 0 fully saturated rings. The van der Waals surface area contributed by atoms with Crippen molar-refractivity contribution >= 4 is 33.1 Å². The normalized spacial score (nSPS) is 12.3. The minimum Gasteiger partial charge on any atom is -0.340 e. The molecule has 0 spiro atoms. The summed E-state index contributed by atoms with van der Waals surface area (Å²) >= 11 is 1.34. The highest BCUT2D eigenvalue weighted by atomic mass is 32.1. The van der Waals surface area contributed by atoms with E-state index in [0.717, 1.165) is 10.4 Å². The van der Waals surface area contributed by atoms with E-state index in [1.54, 1.807) is 6.07 Å². The molecular formula is C20H11F6N3S. The number of hydrogen-bond acceptors (Lipinski definition) is 4. The fourth-order valence-corrected chi connectivity index (χ4v) is 3.87. The Hall–Kier alpha value is -3.14. The van der Waals surface area contributed by atoms with Gasteiger partial charge in [-0.05, 0) is 29.8 Å². The monoisotopic (exact) mass is 439 g/mol. The number of nitrogens with zero attached hydrogens (tertiary/aromatic N) is 2. The molecule has 0 radical (unpaired) electrons. The Morgan fingerprint density at radius 1 is 0.767 bits per heavy atom. The number of benzene rings is 2. The lowest BCUT2D eigenvalue weighted by atomic mass is 10.1. The molecule has 4 rings (SSSR count). The van der Waals surface area contributed by atoms with Crippen LogP contribution in [0.4, 0.5) is 37.8 Å². The molecule has 0 saturated carbocycles. The average Bonchev–Trinajstić information content (AvgIpc) is 3.13. The van der Waals surface area contributed by atoms with E-state index in [4.69, 9.17) is 0 Å². The van der Waals surface area contributed by atoms with E-state index in [0.29, 0.717) is 22.3 Å².